The van der Waals surface area contributed by atoms with Crippen LogP contribution in [0.2, 0.25) is 0 Å². The molecule has 0 bridgehead atoms. The summed E-state index contributed by atoms with van der Waals surface area (Å²) in [5, 5.41) is 0. The predicted octanol–water partition coefficient (Wildman–Crippen LogP) is 7.12. The topological polar surface area (TPSA) is 30.8 Å². The van der Waals surface area contributed by atoms with Crippen molar-refractivity contribution in [3.8, 4) is 17.2 Å². The van der Waals surface area contributed by atoms with Crippen LogP contribution in [0.1, 0.15) is 35.1 Å². The lowest BCUT2D eigenvalue weighted by Crippen LogP contribution is -2.11. The maximum absolute atomic E-state index is 6.13. The Morgan fingerprint density at radius 1 is 0.774 bits per heavy atom. The van der Waals surface area contributed by atoms with Crippen LogP contribution in [0, 0.1) is 0 Å². The highest BCUT2D eigenvalue weighted by Gasteiger charge is 2.27. The van der Waals surface area contributed by atoms with Gasteiger partial charge in [-0.15, -0.1) is 0 Å². The van der Waals surface area contributed by atoms with Gasteiger partial charge in [-0.05, 0) is 66.6 Å². The quantitative estimate of drug-likeness (QED) is 0.291. The van der Waals surface area contributed by atoms with Gasteiger partial charge in [0.25, 0.3) is 0 Å². The van der Waals surface area contributed by atoms with E-state index >= 15 is 0 Å². The van der Waals surface area contributed by atoms with E-state index in [-0.39, 0.29) is 5.92 Å². The van der Waals surface area contributed by atoms with E-state index in [4.69, 9.17) is 9.47 Å². The predicted molar refractivity (Wildman–Crippen MR) is 125 cm³/mol. The molecule has 0 amide bonds. The maximum Gasteiger partial charge on any atom is 0.131 e. The molecule has 1 aliphatic rings. The lowest BCUT2D eigenvalue weighted by atomic mass is 9.83. The lowest BCUT2D eigenvalue weighted by molar-refractivity contribution is 0.340. The Balaban J connectivity index is 1.42. The zero-order valence-corrected chi connectivity index (χ0v) is 17.4. The maximum atomic E-state index is 6.13. The van der Waals surface area contributed by atoms with Crippen LogP contribution in [-0.2, 0) is 0 Å². The molecule has 0 aromatic heterocycles. The van der Waals surface area contributed by atoms with Crippen LogP contribution in [0.3, 0.4) is 0 Å². The number of aliphatic imine (C=N–C) groups is 1. The molecule has 0 fully saturated rings. The highest BCUT2D eigenvalue weighted by molar-refractivity contribution is 5.82. The van der Waals surface area contributed by atoms with Gasteiger partial charge < -0.3 is 9.47 Å². The van der Waals surface area contributed by atoms with Gasteiger partial charge in [-0.2, -0.15) is 0 Å². The van der Waals surface area contributed by atoms with E-state index in [2.05, 4.69) is 53.5 Å². The Bertz CT molecular complexity index is 1160. The van der Waals surface area contributed by atoms with Gasteiger partial charge in [0.05, 0.1) is 12.3 Å². The van der Waals surface area contributed by atoms with Crippen LogP contribution in [0.15, 0.2) is 102 Å². The molecule has 0 saturated carbocycles. The van der Waals surface area contributed by atoms with Crippen LogP contribution in [0.25, 0.3) is 0 Å². The van der Waals surface area contributed by atoms with Crippen molar-refractivity contribution in [1.82, 2.24) is 0 Å². The van der Waals surface area contributed by atoms with E-state index in [0.29, 0.717) is 6.61 Å². The van der Waals surface area contributed by atoms with Crippen molar-refractivity contribution >= 4 is 11.9 Å². The van der Waals surface area contributed by atoms with Gasteiger partial charge in [-0.1, -0.05) is 48.5 Å². The van der Waals surface area contributed by atoms with E-state index in [1.807, 2.05) is 61.7 Å². The van der Waals surface area contributed by atoms with Crippen LogP contribution in [-0.4, -0.2) is 12.8 Å². The van der Waals surface area contributed by atoms with Crippen LogP contribution >= 0.6 is 0 Å². The van der Waals surface area contributed by atoms with Gasteiger partial charge in [-0.25, -0.2) is 0 Å². The summed E-state index contributed by atoms with van der Waals surface area (Å²) in [5.74, 6) is 2.86. The Morgan fingerprint density at radius 2 is 1.39 bits per heavy atom. The molecule has 0 aliphatic carbocycles. The summed E-state index contributed by atoms with van der Waals surface area (Å²) >= 11 is 0. The second-order valence-corrected chi connectivity index (χ2v) is 7.46. The van der Waals surface area contributed by atoms with Gasteiger partial charge in [0.15, 0.2) is 0 Å². The van der Waals surface area contributed by atoms with Gasteiger partial charge in [-0.3, -0.25) is 4.99 Å². The van der Waals surface area contributed by atoms with E-state index in [1.54, 1.807) is 0 Å². The number of hydrogen-bond acceptors (Lipinski definition) is 3. The molecule has 5 rings (SSSR count). The first-order valence-corrected chi connectivity index (χ1v) is 10.5. The molecular formula is C28H23NO2. The van der Waals surface area contributed by atoms with Crippen molar-refractivity contribution in [1.29, 1.82) is 0 Å². The highest BCUT2D eigenvalue weighted by atomic mass is 16.5. The summed E-state index contributed by atoms with van der Waals surface area (Å²) in [6.07, 6.45) is 1.88. The molecule has 3 nitrogen and oxygen atoms in total. The van der Waals surface area contributed by atoms with Crippen molar-refractivity contribution < 1.29 is 9.47 Å². The van der Waals surface area contributed by atoms with Crippen molar-refractivity contribution in [2.45, 2.75) is 12.8 Å². The molecule has 0 N–H and O–H groups in total. The fourth-order valence-electron chi connectivity index (χ4n) is 3.99. The third-order valence-corrected chi connectivity index (χ3v) is 5.46. The molecule has 0 atom stereocenters. The molecular weight excluding hydrogens is 382 g/mol. The fourth-order valence-corrected chi connectivity index (χ4v) is 3.99. The average Bonchev–Trinajstić information content (AvgIpc) is 2.83. The first-order valence-electron chi connectivity index (χ1n) is 10.5. The molecule has 31 heavy (non-hydrogen) atoms. The minimum Gasteiger partial charge on any atom is -0.494 e. The minimum atomic E-state index is 0.144. The lowest BCUT2D eigenvalue weighted by Gasteiger charge is -2.28. The molecule has 0 spiro atoms. The monoisotopic (exact) mass is 405 g/mol. The number of rotatable bonds is 5. The molecule has 0 saturated heterocycles. The zero-order valence-electron chi connectivity index (χ0n) is 17.4. The summed E-state index contributed by atoms with van der Waals surface area (Å²) in [5.41, 5.74) is 5.56. The second-order valence-electron chi connectivity index (χ2n) is 7.46. The first-order chi connectivity index (χ1) is 15.3. The van der Waals surface area contributed by atoms with E-state index in [1.165, 1.54) is 16.7 Å². The van der Waals surface area contributed by atoms with E-state index < -0.39 is 0 Å². The molecule has 4 aromatic carbocycles. The van der Waals surface area contributed by atoms with Gasteiger partial charge >= 0.3 is 0 Å². The summed E-state index contributed by atoms with van der Waals surface area (Å²) in [4.78, 5) is 4.64. The standard InChI is InChI=1S/C28H23NO2/c1-2-30-23-17-11-20(12-18-23)19-29-22-15-13-21(14-16-22)28-24-7-3-5-9-26(24)31-27-10-6-4-8-25(27)28/h3-19,28H,2H2,1H3. The molecule has 0 radical (unpaired) electrons. The molecule has 3 heteroatoms. The first kappa shape index (κ1) is 19.1. The normalized spacial score (nSPS) is 12.8. The number of para-hydroxylation sites is 2. The Kier molecular flexibility index (Phi) is 5.24. The molecule has 152 valence electrons. The van der Waals surface area contributed by atoms with Crippen molar-refractivity contribution in [2.24, 2.45) is 4.99 Å². The number of hydrogen-bond donors (Lipinski definition) is 0. The second kappa shape index (κ2) is 8.49. The number of nitrogens with zero attached hydrogens (tertiary/aromatic N) is 1. The third-order valence-electron chi connectivity index (χ3n) is 5.46. The van der Waals surface area contributed by atoms with Crippen LogP contribution in [0.5, 0.6) is 17.2 Å². The Morgan fingerprint density at radius 3 is 2.00 bits per heavy atom. The number of benzene rings is 4. The summed E-state index contributed by atoms with van der Waals surface area (Å²) in [6.45, 7) is 2.65. The number of fused-ring (bicyclic) bond motifs is 2. The smallest absolute Gasteiger partial charge is 0.131 e. The highest BCUT2D eigenvalue weighted by Crippen LogP contribution is 2.47. The Hall–Kier alpha value is -3.85. The van der Waals surface area contributed by atoms with Crippen LogP contribution in [0.4, 0.5) is 5.69 Å². The molecule has 1 aliphatic heterocycles. The minimum absolute atomic E-state index is 0.144. The average molecular weight is 405 g/mol. The van der Waals surface area contributed by atoms with Gasteiger partial charge in [0.2, 0.25) is 0 Å². The number of ether oxygens (including phenoxy) is 2. The van der Waals surface area contributed by atoms with Crippen molar-refractivity contribution in [3.05, 3.63) is 119 Å². The zero-order chi connectivity index (χ0) is 21.0. The van der Waals surface area contributed by atoms with E-state index in [9.17, 15) is 0 Å². The summed E-state index contributed by atoms with van der Waals surface area (Å²) in [7, 11) is 0. The van der Waals surface area contributed by atoms with Crippen molar-refractivity contribution in [3.63, 3.8) is 0 Å². The summed E-state index contributed by atoms with van der Waals surface area (Å²) in [6, 6.07) is 33.0. The fraction of sp³-hybridized carbons (Fsp3) is 0.107. The largest absolute Gasteiger partial charge is 0.494 e. The molecule has 4 aromatic rings. The van der Waals surface area contributed by atoms with Gasteiger partial charge in [0.1, 0.15) is 17.2 Å². The molecule has 1 heterocycles. The Labute approximate surface area is 182 Å². The molecule has 0 unspecified atom stereocenters. The summed E-state index contributed by atoms with van der Waals surface area (Å²) < 4.78 is 11.6. The third kappa shape index (κ3) is 3.95. The van der Waals surface area contributed by atoms with Crippen LogP contribution < -0.4 is 9.47 Å². The SMILES string of the molecule is CCOc1ccc(C=Nc2ccc(C3c4ccccc4Oc4ccccc43)cc2)cc1. The van der Waals surface area contributed by atoms with Crippen molar-refractivity contribution in [2.75, 3.05) is 6.61 Å². The van der Waals surface area contributed by atoms with Gasteiger partial charge in [0, 0.05) is 23.3 Å². The van der Waals surface area contributed by atoms with E-state index in [0.717, 1.165) is 28.5 Å².